The standard InChI is InChI=1S/C13H26O6Si/c1-5-10-13(14)15-11-9-12-19-20(16-6-2,17-7-3)18-8-4/h5,10H,6-9,11-12H2,1-4H3. The van der Waals surface area contributed by atoms with E-state index in [-0.39, 0.29) is 12.6 Å². The molecule has 0 aromatic carbocycles. The molecule has 0 unspecified atom stereocenters. The highest BCUT2D eigenvalue weighted by atomic mass is 28.4. The molecule has 0 saturated heterocycles. The molecular formula is C13H26O6Si. The second-order valence-electron chi connectivity index (χ2n) is 3.67. The third kappa shape index (κ3) is 8.44. The van der Waals surface area contributed by atoms with Gasteiger partial charge in [-0.15, -0.1) is 0 Å². The van der Waals surface area contributed by atoms with Crippen LogP contribution in [0.2, 0.25) is 0 Å². The summed E-state index contributed by atoms with van der Waals surface area (Å²) in [5, 5.41) is 0. The molecule has 0 atom stereocenters. The first-order valence-corrected chi connectivity index (χ1v) is 8.62. The summed E-state index contributed by atoms with van der Waals surface area (Å²) in [5.74, 6) is -0.351. The molecule has 0 N–H and O–H groups in total. The zero-order chi connectivity index (χ0) is 15.3. The summed E-state index contributed by atoms with van der Waals surface area (Å²) in [6, 6.07) is 0. The first kappa shape index (κ1) is 19.3. The highest BCUT2D eigenvalue weighted by Crippen LogP contribution is 2.12. The van der Waals surface area contributed by atoms with E-state index in [2.05, 4.69) is 0 Å². The van der Waals surface area contributed by atoms with Crippen molar-refractivity contribution in [3.8, 4) is 0 Å². The highest BCUT2D eigenvalue weighted by molar-refractivity contribution is 6.53. The van der Waals surface area contributed by atoms with Gasteiger partial charge in [0.2, 0.25) is 0 Å². The zero-order valence-electron chi connectivity index (χ0n) is 12.8. The van der Waals surface area contributed by atoms with Crippen LogP contribution in [0.5, 0.6) is 0 Å². The molecule has 0 saturated carbocycles. The van der Waals surface area contributed by atoms with Crippen molar-refractivity contribution in [3.63, 3.8) is 0 Å². The Kier molecular flexibility index (Phi) is 11.6. The number of allylic oxidation sites excluding steroid dienone is 1. The number of esters is 1. The molecule has 0 fully saturated rings. The molecule has 0 aliphatic rings. The summed E-state index contributed by atoms with van der Waals surface area (Å²) in [4.78, 5) is 11.1. The average molecular weight is 306 g/mol. The summed E-state index contributed by atoms with van der Waals surface area (Å²) < 4.78 is 27.2. The van der Waals surface area contributed by atoms with Crippen molar-refractivity contribution < 1.29 is 27.2 Å². The van der Waals surface area contributed by atoms with Gasteiger partial charge in [-0.1, -0.05) is 6.08 Å². The lowest BCUT2D eigenvalue weighted by Crippen LogP contribution is -2.49. The maximum Gasteiger partial charge on any atom is 0.679 e. The Bertz CT molecular complexity index is 265. The second-order valence-corrected chi connectivity index (χ2v) is 5.82. The normalized spacial score (nSPS) is 12.0. The van der Waals surface area contributed by atoms with Crippen LogP contribution in [-0.2, 0) is 27.2 Å². The lowest BCUT2D eigenvalue weighted by Gasteiger charge is -2.26. The minimum absolute atomic E-state index is 0.290. The van der Waals surface area contributed by atoms with Gasteiger partial charge >= 0.3 is 15.0 Å². The fourth-order valence-corrected chi connectivity index (χ4v) is 3.35. The summed E-state index contributed by atoms with van der Waals surface area (Å²) in [7, 11) is -3.04. The number of hydrogen-bond donors (Lipinski definition) is 0. The number of ether oxygens (including phenoxy) is 1. The molecule has 118 valence electrons. The van der Waals surface area contributed by atoms with Crippen LogP contribution in [0.25, 0.3) is 0 Å². The van der Waals surface area contributed by atoms with Gasteiger partial charge in [-0.25, -0.2) is 4.79 Å². The van der Waals surface area contributed by atoms with E-state index in [4.69, 9.17) is 22.4 Å². The predicted octanol–water partition coefficient (Wildman–Crippen LogP) is 2.06. The first-order chi connectivity index (χ1) is 9.64. The van der Waals surface area contributed by atoms with Crippen LogP contribution in [0.1, 0.15) is 34.1 Å². The number of hydrogen-bond acceptors (Lipinski definition) is 6. The molecule has 0 spiro atoms. The fourth-order valence-electron chi connectivity index (χ4n) is 1.39. The van der Waals surface area contributed by atoms with Crippen LogP contribution in [0, 0.1) is 0 Å². The molecule has 0 heterocycles. The van der Waals surface area contributed by atoms with Crippen LogP contribution in [0.4, 0.5) is 0 Å². The van der Waals surface area contributed by atoms with Gasteiger partial charge in [0.15, 0.2) is 0 Å². The van der Waals surface area contributed by atoms with Gasteiger partial charge in [-0.3, -0.25) is 0 Å². The van der Waals surface area contributed by atoms with Crippen molar-refractivity contribution in [2.45, 2.75) is 34.1 Å². The van der Waals surface area contributed by atoms with E-state index in [0.717, 1.165) is 0 Å². The molecular weight excluding hydrogens is 280 g/mol. The maximum atomic E-state index is 11.1. The predicted molar refractivity (Wildman–Crippen MR) is 77.0 cm³/mol. The first-order valence-electron chi connectivity index (χ1n) is 6.99. The molecule has 0 aliphatic carbocycles. The van der Waals surface area contributed by atoms with E-state index >= 15 is 0 Å². The quantitative estimate of drug-likeness (QED) is 0.238. The van der Waals surface area contributed by atoms with Gasteiger partial charge in [-0.05, 0) is 27.7 Å². The molecule has 0 amide bonds. The van der Waals surface area contributed by atoms with Crippen LogP contribution >= 0.6 is 0 Å². The van der Waals surface area contributed by atoms with Gasteiger partial charge in [0.25, 0.3) is 0 Å². The smallest absolute Gasteiger partial charge is 0.462 e. The van der Waals surface area contributed by atoms with E-state index in [1.165, 1.54) is 6.08 Å². The number of rotatable bonds is 12. The van der Waals surface area contributed by atoms with Gasteiger partial charge in [0.05, 0.1) is 6.61 Å². The van der Waals surface area contributed by atoms with Crippen molar-refractivity contribution in [1.29, 1.82) is 0 Å². The van der Waals surface area contributed by atoms with Crippen LogP contribution < -0.4 is 0 Å². The Morgan fingerprint density at radius 1 is 0.950 bits per heavy atom. The van der Waals surface area contributed by atoms with Gasteiger partial charge in [0.1, 0.15) is 0 Å². The topological polar surface area (TPSA) is 63.2 Å². The largest absolute Gasteiger partial charge is 0.679 e. The van der Waals surface area contributed by atoms with E-state index < -0.39 is 9.05 Å². The van der Waals surface area contributed by atoms with Gasteiger partial charge in [0, 0.05) is 38.9 Å². The zero-order valence-corrected chi connectivity index (χ0v) is 13.8. The van der Waals surface area contributed by atoms with Crippen molar-refractivity contribution in [2.24, 2.45) is 0 Å². The van der Waals surface area contributed by atoms with E-state index in [9.17, 15) is 4.79 Å². The van der Waals surface area contributed by atoms with Crippen molar-refractivity contribution in [1.82, 2.24) is 0 Å². The van der Waals surface area contributed by atoms with Gasteiger partial charge < -0.3 is 22.4 Å². The third-order valence-electron chi connectivity index (χ3n) is 2.08. The molecule has 0 radical (unpaired) electrons. The molecule has 20 heavy (non-hydrogen) atoms. The molecule has 0 aromatic rings. The third-order valence-corrected chi connectivity index (χ3v) is 4.56. The lowest BCUT2D eigenvalue weighted by atomic mass is 10.5. The Morgan fingerprint density at radius 3 is 1.95 bits per heavy atom. The lowest BCUT2D eigenvalue weighted by molar-refractivity contribution is -0.138. The Morgan fingerprint density at radius 2 is 1.50 bits per heavy atom. The van der Waals surface area contributed by atoms with Crippen molar-refractivity contribution in [3.05, 3.63) is 12.2 Å². The molecule has 0 rings (SSSR count). The molecule has 7 heteroatoms. The molecule has 6 nitrogen and oxygen atoms in total. The number of carbonyl (C=O) groups is 1. The second kappa shape index (κ2) is 12.0. The van der Waals surface area contributed by atoms with E-state index in [1.54, 1.807) is 13.0 Å². The van der Waals surface area contributed by atoms with Crippen LogP contribution in [0.3, 0.4) is 0 Å². The van der Waals surface area contributed by atoms with Crippen LogP contribution in [0.15, 0.2) is 12.2 Å². The van der Waals surface area contributed by atoms with Crippen LogP contribution in [-0.4, -0.2) is 48.1 Å². The van der Waals surface area contributed by atoms with Crippen molar-refractivity contribution >= 4 is 15.0 Å². The maximum absolute atomic E-state index is 11.1. The van der Waals surface area contributed by atoms with Crippen molar-refractivity contribution in [2.75, 3.05) is 33.0 Å². The minimum atomic E-state index is -3.04. The molecule has 0 aliphatic heterocycles. The Balaban J connectivity index is 4.08. The molecule has 0 bridgehead atoms. The summed E-state index contributed by atoms with van der Waals surface area (Å²) in [6.45, 7) is 9.38. The highest BCUT2D eigenvalue weighted by Gasteiger charge is 2.44. The minimum Gasteiger partial charge on any atom is -0.462 e. The Hall–Kier alpha value is -0.733. The monoisotopic (exact) mass is 306 g/mol. The van der Waals surface area contributed by atoms with Gasteiger partial charge in [-0.2, -0.15) is 0 Å². The van der Waals surface area contributed by atoms with E-state index in [1.807, 2.05) is 20.8 Å². The number of carbonyl (C=O) groups excluding carboxylic acids is 1. The average Bonchev–Trinajstić information content (AvgIpc) is 2.39. The fraction of sp³-hybridized carbons (Fsp3) is 0.769. The summed E-state index contributed by atoms with van der Waals surface area (Å²) in [6.07, 6.45) is 3.57. The summed E-state index contributed by atoms with van der Waals surface area (Å²) in [5.41, 5.74) is 0. The Labute approximate surface area is 122 Å². The summed E-state index contributed by atoms with van der Waals surface area (Å²) >= 11 is 0. The SMILES string of the molecule is CC=CC(=O)OCCCO[Si](OCC)(OCC)OCC. The molecule has 0 aromatic heterocycles. The van der Waals surface area contributed by atoms with E-state index in [0.29, 0.717) is 32.8 Å².